The van der Waals surface area contributed by atoms with E-state index in [0.717, 1.165) is 16.7 Å². The van der Waals surface area contributed by atoms with Gasteiger partial charge >= 0.3 is 0 Å². The highest BCUT2D eigenvalue weighted by atomic mass is 127. The van der Waals surface area contributed by atoms with Crippen molar-refractivity contribution in [3.63, 3.8) is 0 Å². The van der Waals surface area contributed by atoms with Crippen molar-refractivity contribution in [2.24, 2.45) is 0 Å². The van der Waals surface area contributed by atoms with Crippen LogP contribution in [0.4, 0.5) is 0 Å². The summed E-state index contributed by atoms with van der Waals surface area (Å²) < 4.78 is 3.71. The molecule has 0 saturated heterocycles. The molecule has 0 atom stereocenters. The second kappa shape index (κ2) is 4.79. The summed E-state index contributed by atoms with van der Waals surface area (Å²) in [5.74, 6) is 0. The monoisotopic (exact) mass is 377 g/mol. The first-order chi connectivity index (χ1) is 9.20. The number of hydrogen-bond acceptors (Lipinski definition) is 2. The van der Waals surface area contributed by atoms with Crippen LogP contribution >= 0.6 is 34.8 Å². The average Bonchev–Trinajstić information content (AvgIpc) is 2.76. The normalized spacial score (nSPS) is 10.5. The number of benzene rings is 2. The molecule has 3 nitrogen and oxygen atoms in total. The van der Waals surface area contributed by atoms with Crippen molar-refractivity contribution < 1.29 is 0 Å². The van der Waals surface area contributed by atoms with Crippen molar-refractivity contribution in [2.45, 2.75) is 0 Å². The van der Waals surface area contributed by atoms with Gasteiger partial charge in [0.1, 0.15) is 6.07 Å². The average molecular weight is 377 g/mol. The molecule has 1 heterocycles. The fourth-order valence-electron chi connectivity index (χ4n) is 2.07. The molecule has 3 rings (SSSR count). The third kappa shape index (κ3) is 2.07. The molecule has 92 valence electrons. The molecule has 3 aromatic rings. The van der Waals surface area contributed by atoms with Crippen LogP contribution in [0.2, 0.25) is 0 Å². The van der Waals surface area contributed by atoms with Crippen LogP contribution in [0, 0.1) is 19.7 Å². The maximum Gasteiger partial charge on any atom is 0.182 e. The summed E-state index contributed by atoms with van der Waals surface area (Å²) in [4.78, 5) is 3.11. The van der Waals surface area contributed by atoms with Crippen molar-refractivity contribution in [2.75, 3.05) is 0 Å². The van der Waals surface area contributed by atoms with Crippen molar-refractivity contribution in [3.8, 4) is 11.8 Å². The number of rotatable bonds is 1. The number of H-pyrrole nitrogens is 1. The van der Waals surface area contributed by atoms with Crippen LogP contribution in [0.25, 0.3) is 16.7 Å². The number of imidazole rings is 1. The number of aromatic amines is 1. The van der Waals surface area contributed by atoms with Gasteiger partial charge in [-0.05, 0) is 71.2 Å². The highest BCUT2D eigenvalue weighted by Crippen LogP contribution is 2.22. The van der Waals surface area contributed by atoms with Crippen LogP contribution in [-0.2, 0) is 0 Å². The number of nitrogens with one attached hydrogen (secondary N) is 1. The van der Waals surface area contributed by atoms with Crippen molar-refractivity contribution in [3.05, 3.63) is 56.4 Å². The summed E-state index contributed by atoms with van der Waals surface area (Å²) in [5, 5.41) is 9.13. The molecule has 0 bridgehead atoms. The minimum Gasteiger partial charge on any atom is -0.329 e. The molecule has 5 heteroatoms. The van der Waals surface area contributed by atoms with Crippen LogP contribution in [0.3, 0.4) is 0 Å². The van der Waals surface area contributed by atoms with E-state index in [1.54, 1.807) is 6.07 Å². The van der Waals surface area contributed by atoms with E-state index in [1.165, 1.54) is 3.57 Å². The zero-order valence-corrected chi connectivity index (χ0v) is 12.7. The lowest BCUT2D eigenvalue weighted by Gasteiger charge is -2.04. The zero-order chi connectivity index (χ0) is 13.4. The SMILES string of the molecule is N#Cc1cccc2c1[nH]c(=S)n2-c1ccc(I)cc1. The topological polar surface area (TPSA) is 44.5 Å². The Morgan fingerprint density at radius 3 is 2.58 bits per heavy atom. The van der Waals surface area contributed by atoms with Crippen LogP contribution in [0.15, 0.2) is 42.5 Å². The number of para-hydroxylation sites is 1. The molecule has 0 spiro atoms. The molecular weight excluding hydrogens is 369 g/mol. The Morgan fingerprint density at radius 1 is 1.16 bits per heavy atom. The van der Waals surface area contributed by atoms with Gasteiger partial charge in [0.25, 0.3) is 0 Å². The molecule has 0 aliphatic heterocycles. The fourth-order valence-corrected chi connectivity index (χ4v) is 2.74. The quantitative estimate of drug-likeness (QED) is 0.511. The lowest BCUT2D eigenvalue weighted by molar-refractivity contribution is 1.06. The molecule has 19 heavy (non-hydrogen) atoms. The van der Waals surface area contributed by atoms with Crippen LogP contribution < -0.4 is 0 Å². The Hall–Kier alpha value is -1.65. The van der Waals surface area contributed by atoms with Gasteiger partial charge in [-0.1, -0.05) is 6.07 Å². The van der Waals surface area contributed by atoms with Gasteiger partial charge in [0, 0.05) is 9.26 Å². The second-order valence-corrected chi connectivity index (χ2v) is 5.69. The van der Waals surface area contributed by atoms with Crippen LogP contribution in [0.5, 0.6) is 0 Å². The molecule has 1 aromatic heterocycles. The summed E-state index contributed by atoms with van der Waals surface area (Å²) in [6.45, 7) is 0. The fraction of sp³-hybridized carbons (Fsp3) is 0. The Morgan fingerprint density at radius 2 is 1.89 bits per heavy atom. The summed E-state index contributed by atoms with van der Waals surface area (Å²) in [5.41, 5.74) is 3.30. The predicted molar refractivity (Wildman–Crippen MR) is 85.9 cm³/mol. The van der Waals surface area contributed by atoms with Gasteiger partial charge in [0.2, 0.25) is 0 Å². The Bertz CT molecular complexity index is 853. The van der Waals surface area contributed by atoms with Gasteiger partial charge in [-0.15, -0.1) is 0 Å². The number of fused-ring (bicyclic) bond motifs is 1. The lowest BCUT2D eigenvalue weighted by Crippen LogP contribution is -1.93. The molecule has 0 aliphatic rings. The third-order valence-electron chi connectivity index (χ3n) is 2.92. The maximum absolute atomic E-state index is 9.13. The summed E-state index contributed by atoms with van der Waals surface area (Å²) in [7, 11) is 0. The molecular formula is C14H8IN3S. The summed E-state index contributed by atoms with van der Waals surface area (Å²) in [6.07, 6.45) is 0. The summed E-state index contributed by atoms with van der Waals surface area (Å²) in [6, 6.07) is 15.9. The number of hydrogen-bond donors (Lipinski definition) is 1. The number of nitrogens with zero attached hydrogens (tertiary/aromatic N) is 2. The molecule has 0 radical (unpaired) electrons. The van der Waals surface area contributed by atoms with Crippen molar-refractivity contribution in [1.29, 1.82) is 5.26 Å². The number of aromatic nitrogens is 2. The van der Waals surface area contributed by atoms with E-state index in [0.29, 0.717) is 10.3 Å². The van der Waals surface area contributed by atoms with E-state index in [2.05, 4.69) is 33.6 Å². The Kier molecular flexibility index (Phi) is 3.12. The van der Waals surface area contributed by atoms with Gasteiger partial charge < -0.3 is 4.98 Å². The number of halogens is 1. The van der Waals surface area contributed by atoms with Gasteiger partial charge in [0.15, 0.2) is 4.77 Å². The van der Waals surface area contributed by atoms with Gasteiger partial charge in [0.05, 0.1) is 16.6 Å². The minimum absolute atomic E-state index is 0.596. The first-order valence-corrected chi connectivity index (χ1v) is 7.09. The Labute approximate surface area is 128 Å². The number of nitriles is 1. The summed E-state index contributed by atoms with van der Waals surface area (Å²) >= 11 is 7.64. The molecule has 0 fully saturated rings. The molecule has 2 aromatic carbocycles. The van der Waals surface area contributed by atoms with Crippen LogP contribution in [-0.4, -0.2) is 9.55 Å². The molecule has 0 unspecified atom stereocenters. The third-order valence-corrected chi connectivity index (χ3v) is 3.93. The van der Waals surface area contributed by atoms with Crippen LogP contribution in [0.1, 0.15) is 5.56 Å². The first kappa shape index (κ1) is 12.4. The van der Waals surface area contributed by atoms with Crippen molar-refractivity contribution >= 4 is 45.8 Å². The standard InChI is InChI=1S/C14H8IN3S/c15-10-4-6-11(7-5-10)18-12-3-1-2-9(8-16)13(12)17-14(18)19/h1-7H,(H,17,19). The molecule has 0 saturated carbocycles. The lowest BCUT2D eigenvalue weighted by atomic mass is 10.2. The van der Waals surface area contributed by atoms with E-state index >= 15 is 0 Å². The highest BCUT2D eigenvalue weighted by molar-refractivity contribution is 14.1. The molecule has 0 amide bonds. The first-order valence-electron chi connectivity index (χ1n) is 5.60. The second-order valence-electron chi connectivity index (χ2n) is 4.05. The van der Waals surface area contributed by atoms with Gasteiger partial charge in [-0.3, -0.25) is 4.57 Å². The van der Waals surface area contributed by atoms with Gasteiger partial charge in [-0.25, -0.2) is 0 Å². The maximum atomic E-state index is 9.13. The van der Waals surface area contributed by atoms with E-state index in [9.17, 15) is 0 Å². The van der Waals surface area contributed by atoms with E-state index < -0.39 is 0 Å². The van der Waals surface area contributed by atoms with E-state index in [-0.39, 0.29) is 0 Å². The van der Waals surface area contributed by atoms with E-state index in [1.807, 2.05) is 41.0 Å². The molecule has 0 aliphatic carbocycles. The predicted octanol–water partition coefficient (Wildman–Crippen LogP) is 4.16. The minimum atomic E-state index is 0.596. The van der Waals surface area contributed by atoms with Crippen molar-refractivity contribution in [1.82, 2.24) is 9.55 Å². The molecule has 1 N–H and O–H groups in total. The van der Waals surface area contributed by atoms with Gasteiger partial charge in [-0.2, -0.15) is 5.26 Å². The highest BCUT2D eigenvalue weighted by Gasteiger charge is 2.09. The largest absolute Gasteiger partial charge is 0.329 e. The Balaban J connectivity index is 2.36. The smallest absolute Gasteiger partial charge is 0.182 e. The zero-order valence-electron chi connectivity index (χ0n) is 9.72. The van der Waals surface area contributed by atoms with E-state index in [4.69, 9.17) is 17.5 Å².